The zero-order valence-electron chi connectivity index (χ0n) is 11.0. The minimum absolute atomic E-state index is 0.387. The van der Waals surface area contributed by atoms with E-state index in [2.05, 4.69) is 10.1 Å². The van der Waals surface area contributed by atoms with Gasteiger partial charge in [-0.2, -0.15) is 0 Å². The van der Waals surface area contributed by atoms with E-state index >= 15 is 0 Å². The van der Waals surface area contributed by atoms with Crippen LogP contribution in [0.1, 0.15) is 21.9 Å². The third kappa shape index (κ3) is 3.08. The summed E-state index contributed by atoms with van der Waals surface area (Å²) in [6, 6.07) is 6.96. The van der Waals surface area contributed by atoms with Crippen molar-refractivity contribution < 1.29 is 13.9 Å². The van der Waals surface area contributed by atoms with Crippen molar-refractivity contribution in [2.24, 2.45) is 0 Å². The first-order valence-corrected chi connectivity index (χ1v) is 6.64. The van der Waals surface area contributed by atoms with Gasteiger partial charge in [-0.15, -0.1) is 0 Å². The van der Waals surface area contributed by atoms with Crippen LogP contribution in [0.5, 0.6) is 0 Å². The van der Waals surface area contributed by atoms with E-state index in [0.717, 1.165) is 0 Å². The minimum Gasteiger partial charge on any atom is -0.465 e. The summed E-state index contributed by atoms with van der Waals surface area (Å²) in [6.07, 6.45) is 0. The molecule has 2 rings (SSSR count). The molecule has 2 aromatic rings. The maximum atomic E-state index is 11.5. The van der Waals surface area contributed by atoms with Gasteiger partial charge in [0.05, 0.1) is 29.4 Å². The van der Waals surface area contributed by atoms with Gasteiger partial charge in [0.15, 0.2) is 0 Å². The molecule has 1 aromatic heterocycles. The van der Waals surface area contributed by atoms with Gasteiger partial charge in [0.25, 0.3) is 0 Å². The van der Waals surface area contributed by atoms with Crippen LogP contribution < -0.4 is 5.32 Å². The number of hydrogen-bond acceptors (Lipinski definition) is 4. The van der Waals surface area contributed by atoms with Gasteiger partial charge in [-0.25, -0.2) is 4.79 Å². The lowest BCUT2D eigenvalue weighted by Gasteiger charge is -2.07. The molecule has 0 aliphatic carbocycles. The molecular formula is C14H13Cl2NO3. The number of carbonyl (C=O) groups excluding carboxylic acids is 1. The topological polar surface area (TPSA) is 51.5 Å². The summed E-state index contributed by atoms with van der Waals surface area (Å²) in [5.74, 6) is 0.711. The third-order valence-corrected chi connectivity index (χ3v) is 3.60. The molecule has 0 atom stereocenters. The van der Waals surface area contributed by atoms with Crippen molar-refractivity contribution >= 4 is 34.9 Å². The number of ether oxygens (including phenoxy) is 1. The zero-order valence-corrected chi connectivity index (χ0v) is 12.5. The first-order valence-electron chi connectivity index (χ1n) is 5.88. The summed E-state index contributed by atoms with van der Waals surface area (Å²) >= 11 is 12.0. The average molecular weight is 314 g/mol. The Bertz CT molecular complexity index is 637. The maximum absolute atomic E-state index is 11.5. The molecule has 0 fully saturated rings. The summed E-state index contributed by atoms with van der Waals surface area (Å²) in [7, 11) is 1.33. The molecule has 0 aliphatic rings. The number of aryl methyl sites for hydroxylation is 1. The van der Waals surface area contributed by atoms with E-state index in [1.54, 1.807) is 25.1 Å². The van der Waals surface area contributed by atoms with Gasteiger partial charge in [-0.3, -0.25) is 0 Å². The molecule has 20 heavy (non-hydrogen) atoms. The molecule has 1 heterocycles. The fourth-order valence-electron chi connectivity index (χ4n) is 1.77. The Labute approximate surface area is 126 Å². The third-order valence-electron chi connectivity index (χ3n) is 2.78. The van der Waals surface area contributed by atoms with Crippen molar-refractivity contribution in [1.82, 2.24) is 0 Å². The number of carbonyl (C=O) groups is 1. The molecule has 4 nitrogen and oxygen atoms in total. The van der Waals surface area contributed by atoms with Gasteiger partial charge in [-0.05, 0) is 25.1 Å². The molecule has 0 saturated carbocycles. The molecule has 0 saturated heterocycles. The molecular weight excluding hydrogens is 301 g/mol. The fourth-order valence-corrected chi connectivity index (χ4v) is 2.13. The van der Waals surface area contributed by atoms with Crippen LogP contribution in [0, 0.1) is 6.92 Å². The summed E-state index contributed by atoms with van der Waals surface area (Å²) in [5.41, 5.74) is 1.12. The minimum atomic E-state index is -0.418. The Kier molecular flexibility index (Phi) is 4.57. The number of benzene rings is 1. The second kappa shape index (κ2) is 6.20. The SMILES string of the molecule is COC(=O)c1cc(CNc2cccc(Cl)c2Cl)oc1C. The lowest BCUT2D eigenvalue weighted by molar-refractivity contribution is 0.0599. The van der Waals surface area contributed by atoms with E-state index in [1.165, 1.54) is 7.11 Å². The van der Waals surface area contributed by atoms with Crippen LogP contribution in [0.2, 0.25) is 10.0 Å². The zero-order chi connectivity index (χ0) is 14.7. The van der Waals surface area contributed by atoms with Crippen molar-refractivity contribution in [3.8, 4) is 0 Å². The van der Waals surface area contributed by atoms with Crippen molar-refractivity contribution in [2.75, 3.05) is 12.4 Å². The number of anilines is 1. The second-order valence-corrected chi connectivity index (χ2v) is 4.91. The smallest absolute Gasteiger partial charge is 0.341 e. The molecule has 1 N–H and O–H groups in total. The predicted molar refractivity (Wildman–Crippen MR) is 78.6 cm³/mol. The van der Waals surface area contributed by atoms with E-state index in [9.17, 15) is 4.79 Å². The van der Waals surface area contributed by atoms with Crippen LogP contribution in [-0.2, 0) is 11.3 Å². The van der Waals surface area contributed by atoms with Gasteiger partial charge in [0.2, 0.25) is 0 Å². The summed E-state index contributed by atoms with van der Waals surface area (Å²) in [6.45, 7) is 2.10. The van der Waals surface area contributed by atoms with Crippen LogP contribution in [0.3, 0.4) is 0 Å². The highest BCUT2D eigenvalue weighted by Gasteiger charge is 2.15. The van der Waals surface area contributed by atoms with Gasteiger partial charge >= 0.3 is 5.97 Å². The Hall–Kier alpha value is -1.65. The predicted octanol–water partition coefficient (Wildman–Crippen LogP) is 4.29. The number of rotatable bonds is 4. The summed E-state index contributed by atoms with van der Waals surface area (Å²) in [4.78, 5) is 11.5. The molecule has 0 spiro atoms. The van der Waals surface area contributed by atoms with Crippen LogP contribution in [-0.4, -0.2) is 13.1 Å². The number of furan rings is 1. The van der Waals surface area contributed by atoms with Gasteiger partial charge in [0, 0.05) is 0 Å². The van der Waals surface area contributed by atoms with Crippen LogP contribution in [0.15, 0.2) is 28.7 Å². The Morgan fingerprint density at radius 2 is 2.15 bits per heavy atom. The summed E-state index contributed by atoms with van der Waals surface area (Å²) < 4.78 is 10.2. The first kappa shape index (κ1) is 14.8. The van der Waals surface area contributed by atoms with E-state index in [1.807, 2.05) is 6.07 Å². The summed E-state index contributed by atoms with van der Waals surface area (Å²) in [5, 5.41) is 4.03. The highest BCUT2D eigenvalue weighted by molar-refractivity contribution is 6.43. The van der Waals surface area contributed by atoms with Gasteiger partial charge < -0.3 is 14.5 Å². The van der Waals surface area contributed by atoms with Crippen LogP contribution >= 0.6 is 23.2 Å². The molecule has 0 amide bonds. The number of halogens is 2. The van der Waals surface area contributed by atoms with Crippen LogP contribution in [0.25, 0.3) is 0 Å². The second-order valence-electron chi connectivity index (χ2n) is 4.13. The van der Waals surface area contributed by atoms with Crippen molar-refractivity contribution in [2.45, 2.75) is 13.5 Å². The van der Waals surface area contributed by atoms with Crippen molar-refractivity contribution in [3.05, 3.63) is 51.4 Å². The van der Waals surface area contributed by atoms with Crippen LogP contribution in [0.4, 0.5) is 5.69 Å². The number of esters is 1. The molecule has 106 valence electrons. The Morgan fingerprint density at radius 3 is 2.85 bits per heavy atom. The standard InChI is InChI=1S/C14H13Cl2NO3/c1-8-10(14(18)19-2)6-9(20-8)7-17-12-5-3-4-11(15)13(12)16/h3-6,17H,7H2,1-2H3. The largest absolute Gasteiger partial charge is 0.465 e. The molecule has 0 radical (unpaired) electrons. The Balaban J connectivity index is 2.12. The van der Waals surface area contributed by atoms with E-state index in [-0.39, 0.29) is 0 Å². The van der Waals surface area contributed by atoms with E-state index in [0.29, 0.717) is 39.4 Å². The molecule has 1 aromatic carbocycles. The maximum Gasteiger partial charge on any atom is 0.341 e. The normalized spacial score (nSPS) is 10.4. The average Bonchev–Trinajstić information content (AvgIpc) is 2.81. The molecule has 6 heteroatoms. The first-order chi connectivity index (χ1) is 9.52. The fraction of sp³-hybridized carbons (Fsp3) is 0.214. The van der Waals surface area contributed by atoms with Crippen molar-refractivity contribution in [1.29, 1.82) is 0 Å². The Morgan fingerprint density at radius 1 is 1.40 bits per heavy atom. The van der Waals surface area contributed by atoms with Gasteiger partial charge in [-0.1, -0.05) is 29.3 Å². The molecule has 0 unspecified atom stereocenters. The number of hydrogen-bond donors (Lipinski definition) is 1. The molecule has 0 bridgehead atoms. The van der Waals surface area contributed by atoms with Gasteiger partial charge in [0.1, 0.15) is 17.1 Å². The van der Waals surface area contributed by atoms with Crippen molar-refractivity contribution in [3.63, 3.8) is 0 Å². The number of nitrogens with one attached hydrogen (secondary N) is 1. The van der Waals surface area contributed by atoms with E-state index < -0.39 is 5.97 Å². The lowest BCUT2D eigenvalue weighted by Crippen LogP contribution is -2.01. The number of methoxy groups -OCH3 is 1. The molecule has 0 aliphatic heterocycles. The highest BCUT2D eigenvalue weighted by Crippen LogP contribution is 2.30. The highest BCUT2D eigenvalue weighted by atomic mass is 35.5. The monoisotopic (exact) mass is 313 g/mol. The quantitative estimate of drug-likeness (QED) is 0.855. The lowest BCUT2D eigenvalue weighted by atomic mass is 10.2. The van der Waals surface area contributed by atoms with E-state index in [4.69, 9.17) is 27.6 Å².